The quantitative estimate of drug-likeness (QED) is 0.176. The molecule has 0 saturated heterocycles. The van der Waals surface area contributed by atoms with Gasteiger partial charge in [-0.2, -0.15) is 0 Å². The molecule has 2 heteroatoms. The molecule has 0 aliphatic heterocycles. The zero-order valence-corrected chi connectivity index (χ0v) is 28.2. The molecule has 1 aromatic heterocycles. The molecular formula is C52H37NO. The minimum absolute atomic E-state index is 0.0148. The first-order valence-electron chi connectivity index (χ1n) is 30.1. The fourth-order valence-corrected chi connectivity index (χ4v) is 7.86. The lowest BCUT2D eigenvalue weighted by molar-refractivity contribution is 0.660. The van der Waals surface area contributed by atoms with Crippen molar-refractivity contribution in [2.24, 2.45) is 0 Å². The molecule has 0 N–H and O–H groups in total. The van der Waals surface area contributed by atoms with Crippen LogP contribution in [0.3, 0.4) is 0 Å². The Labute approximate surface area is 353 Å². The van der Waals surface area contributed by atoms with E-state index in [1.807, 2.05) is 0 Å². The Kier molecular flexibility index (Phi) is 3.03. The molecule has 0 unspecified atom stereocenters. The highest BCUT2D eigenvalue weighted by molar-refractivity contribution is 6.13. The van der Waals surface area contributed by atoms with Gasteiger partial charge in [-0.05, 0) is 98.0 Å². The Morgan fingerprint density at radius 2 is 1.04 bits per heavy atom. The fourth-order valence-electron chi connectivity index (χ4n) is 7.86. The van der Waals surface area contributed by atoms with Crippen LogP contribution < -0.4 is 4.90 Å². The minimum atomic E-state index is -3.04. The summed E-state index contributed by atoms with van der Waals surface area (Å²) < 4.78 is 254. The smallest absolute Gasteiger partial charge is 0.137 e. The van der Waals surface area contributed by atoms with Gasteiger partial charge in [0.15, 0.2) is 0 Å². The van der Waals surface area contributed by atoms with E-state index < -0.39 is 241 Å². The molecular weight excluding hydrogens is 655 g/mol. The van der Waals surface area contributed by atoms with E-state index in [2.05, 4.69) is 0 Å². The van der Waals surface area contributed by atoms with Crippen LogP contribution in [0.15, 0.2) is 192 Å². The maximum absolute atomic E-state index is 9.91. The summed E-state index contributed by atoms with van der Waals surface area (Å²) in [7, 11) is 0. The monoisotopic (exact) mass is 718 g/mol. The summed E-state index contributed by atoms with van der Waals surface area (Å²) in [6, 6.07) is -17.9. The highest BCUT2D eigenvalue weighted by atomic mass is 16.3. The third kappa shape index (κ3) is 4.17. The van der Waals surface area contributed by atoms with Crippen LogP contribution in [0.1, 0.15) is 84.2 Å². The second-order valence-corrected chi connectivity index (χ2v) is 13.2. The standard InChI is InChI=1S/C52H37NO/c1-51(2)43-24-10-6-20-38(43)41-31-30-37(33-46(41)51)53(47-27-15-29-49-50(47)42-23-9-13-28-48(42)54-49)36-19-14-18-35(32-36)52(34-16-4-3-5-17-34)44-25-11-7-21-39(44)40-22-8-12-26-45(40)52/h3-33H,1-2H3/i3D,4D,5D,6D,7D,8D,9D,10D,11D,12D,13D,14D,15D,16D,17D,18D,20D,21D,22D,23D,24D,25D,26D,27D,28D,29D,31D. The fraction of sp³-hybridized carbons (Fsp3) is 0.0769. The minimum Gasteiger partial charge on any atom is -0.456 e. The molecule has 8 aromatic carbocycles. The molecule has 0 radical (unpaired) electrons. The topological polar surface area (TPSA) is 16.4 Å². The first kappa shape index (κ1) is 14.3. The Morgan fingerprint density at radius 1 is 0.463 bits per heavy atom. The first-order chi connectivity index (χ1) is 37.7. The maximum Gasteiger partial charge on any atom is 0.137 e. The van der Waals surface area contributed by atoms with E-state index in [0.717, 1.165) is 17.0 Å². The van der Waals surface area contributed by atoms with Crippen LogP contribution >= 0.6 is 0 Å². The van der Waals surface area contributed by atoms with Crippen LogP contribution in [0.4, 0.5) is 17.1 Å². The predicted molar refractivity (Wildman–Crippen MR) is 223 cm³/mol. The first-order valence-corrected chi connectivity index (χ1v) is 16.6. The van der Waals surface area contributed by atoms with Gasteiger partial charge in [0, 0.05) is 22.2 Å². The molecule has 11 rings (SSSR count). The van der Waals surface area contributed by atoms with Crippen molar-refractivity contribution in [3.8, 4) is 22.3 Å². The van der Waals surface area contributed by atoms with Gasteiger partial charge in [0.05, 0.1) is 53.5 Å². The molecule has 0 amide bonds. The number of furan rings is 1. The van der Waals surface area contributed by atoms with E-state index in [1.165, 1.54) is 12.1 Å². The SMILES string of the molecule is [2H]c1cc(N(c2cc([2H])c3c(c2)C(C)(C)c2c([2H])c([2H])c([2H])c([2H])c2-3)c2c([2H])c([2H])c([2H])c3oc4c([2H])c([2H])c([2H])c([2H])c4c23)cc(C2(c3c([2H])c([2H])c([2H])c([2H])c3[2H])c3c([2H])c([2H])c([2H])c([2H])c3-c3c([2H])c([2H])c([2H])c([2H])c32)c1[2H]. The van der Waals surface area contributed by atoms with Crippen molar-refractivity contribution in [3.63, 3.8) is 0 Å². The Hall–Kier alpha value is -6.64. The van der Waals surface area contributed by atoms with E-state index >= 15 is 0 Å². The number of anilines is 3. The van der Waals surface area contributed by atoms with Crippen LogP contribution in [0, 0.1) is 0 Å². The van der Waals surface area contributed by atoms with E-state index in [9.17, 15) is 16.4 Å². The summed E-state index contributed by atoms with van der Waals surface area (Å²) in [5.74, 6) is 0. The number of hydrogen-bond acceptors (Lipinski definition) is 2. The van der Waals surface area contributed by atoms with Crippen molar-refractivity contribution < 1.29 is 41.4 Å². The number of fused-ring (bicyclic) bond motifs is 9. The molecule has 256 valence electrons. The lowest BCUT2D eigenvalue weighted by atomic mass is 9.67. The van der Waals surface area contributed by atoms with Crippen LogP contribution in [0.25, 0.3) is 44.2 Å². The lowest BCUT2D eigenvalue weighted by Gasteiger charge is -2.35. The van der Waals surface area contributed by atoms with E-state index in [1.54, 1.807) is 13.8 Å². The van der Waals surface area contributed by atoms with Crippen LogP contribution in [-0.4, -0.2) is 0 Å². The molecule has 0 fully saturated rings. The predicted octanol–water partition coefficient (Wildman–Crippen LogP) is 13.7. The highest BCUT2D eigenvalue weighted by Gasteiger charge is 2.46. The zero-order chi connectivity index (χ0) is 59.5. The maximum atomic E-state index is 9.91. The Morgan fingerprint density at radius 3 is 1.80 bits per heavy atom. The van der Waals surface area contributed by atoms with Crippen molar-refractivity contribution in [1.82, 2.24) is 0 Å². The molecule has 0 saturated carbocycles. The van der Waals surface area contributed by atoms with Crippen LogP contribution in [0.5, 0.6) is 0 Å². The third-order valence-corrected chi connectivity index (χ3v) is 10.2. The molecule has 2 aliphatic rings. The van der Waals surface area contributed by atoms with Gasteiger partial charge < -0.3 is 9.32 Å². The Balaban J connectivity index is 1.40. The molecule has 9 aromatic rings. The van der Waals surface area contributed by atoms with Crippen molar-refractivity contribution >= 4 is 39.0 Å². The highest BCUT2D eigenvalue weighted by Crippen LogP contribution is 2.57. The average Bonchev–Trinajstić information content (AvgIpc) is 1.83. The van der Waals surface area contributed by atoms with Gasteiger partial charge in [0.2, 0.25) is 0 Å². The summed E-state index contributed by atoms with van der Waals surface area (Å²) in [4.78, 5) is 1.08. The van der Waals surface area contributed by atoms with Crippen LogP contribution in [-0.2, 0) is 10.8 Å². The molecule has 0 bridgehead atoms. The molecule has 54 heavy (non-hydrogen) atoms. The number of hydrogen-bond donors (Lipinski definition) is 0. The van der Waals surface area contributed by atoms with Crippen LogP contribution in [0.2, 0.25) is 0 Å². The largest absolute Gasteiger partial charge is 0.456 e. The van der Waals surface area contributed by atoms with E-state index in [4.69, 9.17) is 25.0 Å². The molecule has 2 aliphatic carbocycles. The second kappa shape index (κ2) is 11.4. The average molecular weight is 719 g/mol. The van der Waals surface area contributed by atoms with Gasteiger partial charge in [-0.3, -0.25) is 0 Å². The third-order valence-electron chi connectivity index (χ3n) is 10.2. The van der Waals surface area contributed by atoms with Gasteiger partial charge in [0.25, 0.3) is 0 Å². The summed E-state index contributed by atoms with van der Waals surface area (Å²) >= 11 is 0. The zero-order valence-electron chi connectivity index (χ0n) is 55.2. The van der Waals surface area contributed by atoms with Gasteiger partial charge in [-0.15, -0.1) is 0 Å². The molecule has 1 heterocycles. The summed E-state index contributed by atoms with van der Waals surface area (Å²) in [5.41, 5.74) is -10.7. The summed E-state index contributed by atoms with van der Waals surface area (Å²) in [5, 5.41) is -0.841. The second-order valence-electron chi connectivity index (χ2n) is 13.2. The van der Waals surface area contributed by atoms with E-state index in [-0.39, 0.29) is 27.9 Å². The summed E-state index contributed by atoms with van der Waals surface area (Å²) in [6.45, 7) is 3.24. The van der Waals surface area contributed by atoms with Gasteiger partial charge in [-0.1, -0.05) is 159 Å². The van der Waals surface area contributed by atoms with Crippen molar-refractivity contribution in [3.05, 3.63) is 221 Å². The van der Waals surface area contributed by atoms with Gasteiger partial charge in [0.1, 0.15) is 11.2 Å². The van der Waals surface area contributed by atoms with Gasteiger partial charge in [-0.25, -0.2) is 0 Å². The van der Waals surface area contributed by atoms with Crippen molar-refractivity contribution in [2.45, 2.75) is 24.7 Å². The normalized spacial score (nSPS) is 21.4. The van der Waals surface area contributed by atoms with Gasteiger partial charge >= 0.3 is 0 Å². The molecule has 2 nitrogen and oxygen atoms in total. The molecule has 0 atom stereocenters. The Bertz CT molecular complexity index is 4390. The van der Waals surface area contributed by atoms with Crippen molar-refractivity contribution in [2.75, 3.05) is 4.90 Å². The number of rotatable bonds is 5. The number of para-hydroxylation sites is 1. The number of nitrogens with zero attached hydrogens (tertiary/aromatic N) is 1. The lowest BCUT2D eigenvalue weighted by Crippen LogP contribution is -2.28. The van der Waals surface area contributed by atoms with E-state index in [0.29, 0.717) is 0 Å². The molecule has 0 spiro atoms. The summed E-state index contributed by atoms with van der Waals surface area (Å²) in [6.07, 6.45) is 0. The number of benzene rings is 8. The van der Waals surface area contributed by atoms with Crippen molar-refractivity contribution in [1.29, 1.82) is 0 Å².